The van der Waals surface area contributed by atoms with Crippen LogP contribution in [0.3, 0.4) is 0 Å². The molecule has 1 aromatic carbocycles. The van der Waals surface area contributed by atoms with Crippen molar-refractivity contribution < 1.29 is 4.74 Å². The van der Waals surface area contributed by atoms with Crippen molar-refractivity contribution in [3.63, 3.8) is 0 Å². The van der Waals surface area contributed by atoms with E-state index in [1.165, 1.54) is 19.3 Å². The zero-order valence-corrected chi connectivity index (χ0v) is 17.5. The molecule has 0 bridgehead atoms. The molecule has 1 saturated carbocycles. The smallest absolute Gasteiger partial charge is 0.225 e. The second kappa shape index (κ2) is 8.60. The van der Waals surface area contributed by atoms with Gasteiger partial charge in [0.05, 0.1) is 42.1 Å². The molecule has 1 aliphatic heterocycles. The Balaban J connectivity index is 1.03. The number of anilines is 1. The van der Waals surface area contributed by atoms with Gasteiger partial charge in [-0.2, -0.15) is 0 Å². The van der Waals surface area contributed by atoms with Crippen LogP contribution in [0.25, 0.3) is 5.69 Å². The molecule has 0 N–H and O–H groups in total. The SMILES string of the molecule is Clc1cnc(N2CCC([C@H]3C[C@H]3CCOc3ccc(-n4ccnn4)cc3)CC2)nc1. The van der Waals surface area contributed by atoms with E-state index in [1.807, 2.05) is 30.5 Å². The molecular formula is C22H25ClN6O. The molecule has 2 aromatic heterocycles. The zero-order chi connectivity index (χ0) is 20.3. The Kier molecular flexibility index (Phi) is 5.53. The van der Waals surface area contributed by atoms with Crippen LogP contribution in [-0.2, 0) is 0 Å². The van der Waals surface area contributed by atoms with Crippen LogP contribution in [0.15, 0.2) is 49.1 Å². The second-order valence-electron chi connectivity index (χ2n) is 8.16. The summed E-state index contributed by atoms with van der Waals surface area (Å²) in [5.74, 6) is 4.20. The number of benzene rings is 1. The van der Waals surface area contributed by atoms with Gasteiger partial charge in [0.15, 0.2) is 0 Å². The summed E-state index contributed by atoms with van der Waals surface area (Å²) in [7, 11) is 0. The van der Waals surface area contributed by atoms with E-state index in [0.717, 1.165) is 61.3 Å². The predicted molar refractivity (Wildman–Crippen MR) is 115 cm³/mol. The first-order valence-corrected chi connectivity index (χ1v) is 11.0. The molecule has 30 heavy (non-hydrogen) atoms. The van der Waals surface area contributed by atoms with Crippen molar-refractivity contribution in [3.05, 3.63) is 54.1 Å². The summed E-state index contributed by atoms with van der Waals surface area (Å²) in [5, 5.41) is 8.42. The number of rotatable bonds is 7. The highest BCUT2D eigenvalue weighted by Gasteiger charge is 2.43. The largest absolute Gasteiger partial charge is 0.494 e. The number of ether oxygens (including phenoxy) is 1. The molecule has 0 radical (unpaired) electrons. The van der Waals surface area contributed by atoms with Gasteiger partial charge in [-0.1, -0.05) is 16.8 Å². The average molecular weight is 425 g/mol. The maximum atomic E-state index is 5.97. The Labute approximate surface area is 181 Å². The van der Waals surface area contributed by atoms with Gasteiger partial charge in [0.25, 0.3) is 0 Å². The van der Waals surface area contributed by atoms with Gasteiger partial charge in [-0.05, 0) is 67.7 Å². The third-order valence-electron chi connectivity index (χ3n) is 6.29. The van der Waals surface area contributed by atoms with Crippen LogP contribution in [-0.4, -0.2) is 44.7 Å². The van der Waals surface area contributed by atoms with E-state index in [-0.39, 0.29) is 0 Å². The average Bonchev–Trinajstić information content (AvgIpc) is 3.34. The number of halogens is 1. The summed E-state index contributed by atoms with van der Waals surface area (Å²) in [6.07, 6.45) is 11.8. The number of hydrogen-bond donors (Lipinski definition) is 0. The van der Waals surface area contributed by atoms with Crippen molar-refractivity contribution in [2.24, 2.45) is 17.8 Å². The van der Waals surface area contributed by atoms with Crippen LogP contribution in [0.5, 0.6) is 5.75 Å². The van der Waals surface area contributed by atoms with Gasteiger partial charge in [-0.25, -0.2) is 14.6 Å². The predicted octanol–water partition coefficient (Wildman–Crippen LogP) is 4.03. The van der Waals surface area contributed by atoms with E-state index in [2.05, 4.69) is 25.2 Å². The minimum Gasteiger partial charge on any atom is -0.494 e. The van der Waals surface area contributed by atoms with Crippen LogP contribution >= 0.6 is 11.6 Å². The number of piperidine rings is 1. The van der Waals surface area contributed by atoms with E-state index < -0.39 is 0 Å². The topological polar surface area (TPSA) is 69.0 Å². The minimum absolute atomic E-state index is 0.586. The van der Waals surface area contributed by atoms with Gasteiger partial charge in [-0.3, -0.25) is 0 Å². The lowest BCUT2D eigenvalue weighted by molar-refractivity contribution is 0.284. The number of aromatic nitrogens is 5. The molecule has 3 heterocycles. The monoisotopic (exact) mass is 424 g/mol. The normalized spacial score (nSPS) is 21.6. The summed E-state index contributed by atoms with van der Waals surface area (Å²) in [5.41, 5.74) is 0.984. The Morgan fingerprint density at radius 1 is 1.07 bits per heavy atom. The first-order valence-electron chi connectivity index (χ1n) is 10.6. The molecule has 1 saturated heterocycles. The van der Waals surface area contributed by atoms with Gasteiger partial charge in [-0.15, -0.1) is 5.10 Å². The molecule has 1 aliphatic carbocycles. The van der Waals surface area contributed by atoms with Crippen molar-refractivity contribution >= 4 is 17.5 Å². The molecule has 3 aromatic rings. The van der Waals surface area contributed by atoms with Crippen molar-refractivity contribution in [3.8, 4) is 11.4 Å². The van der Waals surface area contributed by atoms with E-state index in [4.69, 9.17) is 16.3 Å². The van der Waals surface area contributed by atoms with Crippen LogP contribution in [0.1, 0.15) is 25.7 Å². The summed E-state index contributed by atoms with van der Waals surface area (Å²) in [4.78, 5) is 11.0. The highest BCUT2D eigenvalue weighted by atomic mass is 35.5. The molecule has 0 amide bonds. The highest BCUT2D eigenvalue weighted by Crippen LogP contribution is 2.49. The Hall–Kier alpha value is -2.67. The van der Waals surface area contributed by atoms with Crippen molar-refractivity contribution in [2.45, 2.75) is 25.7 Å². The van der Waals surface area contributed by atoms with E-state index in [0.29, 0.717) is 5.02 Å². The van der Waals surface area contributed by atoms with Gasteiger partial charge in [0.2, 0.25) is 5.95 Å². The fourth-order valence-corrected chi connectivity index (χ4v) is 4.64. The van der Waals surface area contributed by atoms with Crippen LogP contribution in [0, 0.1) is 17.8 Å². The standard InChI is InChI=1S/C22H25ClN6O/c23-18-14-24-22(25-15-18)28-9-5-16(6-10-28)21-13-17(21)7-12-30-20-3-1-19(2-4-20)29-11-8-26-27-29/h1-4,8,11,14-17,21H,5-7,9-10,12-13H2/t17-,21-/m1/s1. The molecule has 0 spiro atoms. The van der Waals surface area contributed by atoms with Crippen molar-refractivity contribution in [1.29, 1.82) is 0 Å². The molecule has 0 unspecified atom stereocenters. The lowest BCUT2D eigenvalue weighted by atomic mass is 9.90. The van der Waals surface area contributed by atoms with Gasteiger partial charge in [0.1, 0.15) is 5.75 Å². The lowest BCUT2D eigenvalue weighted by Gasteiger charge is -2.32. The van der Waals surface area contributed by atoms with Crippen LogP contribution in [0.4, 0.5) is 5.95 Å². The Morgan fingerprint density at radius 3 is 2.53 bits per heavy atom. The number of hydrogen-bond acceptors (Lipinski definition) is 6. The van der Waals surface area contributed by atoms with Crippen molar-refractivity contribution in [2.75, 3.05) is 24.6 Å². The molecule has 2 atom stereocenters. The quantitative estimate of drug-likeness (QED) is 0.570. The first-order chi connectivity index (χ1) is 14.8. The second-order valence-corrected chi connectivity index (χ2v) is 8.60. The molecule has 8 heteroatoms. The fourth-order valence-electron chi connectivity index (χ4n) is 4.55. The van der Waals surface area contributed by atoms with E-state index in [9.17, 15) is 0 Å². The lowest BCUT2D eigenvalue weighted by Crippen LogP contribution is -2.35. The zero-order valence-electron chi connectivity index (χ0n) is 16.8. The highest BCUT2D eigenvalue weighted by molar-refractivity contribution is 6.30. The van der Waals surface area contributed by atoms with Crippen LogP contribution in [0.2, 0.25) is 5.02 Å². The molecule has 156 valence electrons. The Morgan fingerprint density at radius 2 is 1.83 bits per heavy atom. The number of nitrogens with zero attached hydrogens (tertiary/aromatic N) is 6. The summed E-state index contributed by atoms with van der Waals surface area (Å²) < 4.78 is 7.71. The third-order valence-corrected chi connectivity index (χ3v) is 6.49. The molecule has 2 aliphatic rings. The van der Waals surface area contributed by atoms with Gasteiger partial charge in [0, 0.05) is 13.1 Å². The minimum atomic E-state index is 0.586. The first kappa shape index (κ1) is 19.3. The van der Waals surface area contributed by atoms with Crippen LogP contribution < -0.4 is 9.64 Å². The van der Waals surface area contributed by atoms with E-state index in [1.54, 1.807) is 23.3 Å². The summed E-state index contributed by atoms with van der Waals surface area (Å²) >= 11 is 5.89. The Bertz CT molecular complexity index is 939. The molecule has 5 rings (SSSR count). The third kappa shape index (κ3) is 4.41. The van der Waals surface area contributed by atoms with E-state index >= 15 is 0 Å². The van der Waals surface area contributed by atoms with Gasteiger partial charge >= 0.3 is 0 Å². The molecule has 2 fully saturated rings. The molecule has 7 nitrogen and oxygen atoms in total. The fraction of sp³-hybridized carbons (Fsp3) is 0.455. The molecular weight excluding hydrogens is 400 g/mol. The maximum Gasteiger partial charge on any atom is 0.225 e. The maximum absolute atomic E-state index is 5.97. The summed E-state index contributed by atoms with van der Waals surface area (Å²) in [6, 6.07) is 8.00. The van der Waals surface area contributed by atoms with Gasteiger partial charge < -0.3 is 9.64 Å². The van der Waals surface area contributed by atoms with Crippen molar-refractivity contribution in [1.82, 2.24) is 25.0 Å². The summed E-state index contributed by atoms with van der Waals surface area (Å²) in [6.45, 7) is 2.84.